The highest BCUT2D eigenvalue weighted by Crippen LogP contribution is 2.30. The number of benzene rings is 1. The Morgan fingerprint density at radius 1 is 1.26 bits per heavy atom. The second-order valence-corrected chi connectivity index (χ2v) is 4.23. The van der Waals surface area contributed by atoms with Crippen molar-refractivity contribution in [2.75, 3.05) is 5.73 Å². The van der Waals surface area contributed by atoms with Crippen LogP contribution in [0, 0.1) is 18.6 Å². The molecule has 0 aliphatic rings. The van der Waals surface area contributed by atoms with Gasteiger partial charge in [0.1, 0.15) is 23.1 Å². The Morgan fingerprint density at radius 3 is 2.47 bits per heavy atom. The predicted octanol–water partition coefficient (Wildman–Crippen LogP) is 3.25. The zero-order chi connectivity index (χ0) is 14.0. The van der Waals surface area contributed by atoms with Crippen molar-refractivity contribution >= 4 is 5.69 Å². The smallest absolute Gasteiger partial charge is 0.241 e. The van der Waals surface area contributed by atoms with Gasteiger partial charge < -0.3 is 10.5 Å². The fraction of sp³-hybridized carbons (Fsp3) is 0.308. The number of hydrogen-bond acceptors (Lipinski definition) is 3. The normalized spacial score (nSPS) is 10.7. The molecular weight excluding hydrogens is 252 g/mol. The molecule has 0 radical (unpaired) electrons. The fourth-order valence-corrected chi connectivity index (χ4v) is 1.74. The third-order valence-electron chi connectivity index (χ3n) is 2.61. The van der Waals surface area contributed by atoms with Gasteiger partial charge in [-0.2, -0.15) is 5.10 Å². The van der Waals surface area contributed by atoms with Crippen molar-refractivity contribution in [1.29, 1.82) is 0 Å². The van der Waals surface area contributed by atoms with E-state index in [4.69, 9.17) is 10.5 Å². The summed E-state index contributed by atoms with van der Waals surface area (Å²) in [5.74, 6) is -1.04. The summed E-state index contributed by atoms with van der Waals surface area (Å²) in [6, 6.07) is 2.98. The molecule has 0 aliphatic heterocycles. The van der Waals surface area contributed by atoms with Gasteiger partial charge in [-0.15, -0.1) is 0 Å². The summed E-state index contributed by atoms with van der Waals surface area (Å²) in [4.78, 5) is 0. The van der Waals surface area contributed by atoms with Crippen LogP contribution < -0.4 is 10.5 Å². The van der Waals surface area contributed by atoms with Crippen LogP contribution in [0.1, 0.15) is 19.0 Å². The van der Waals surface area contributed by atoms with Crippen LogP contribution >= 0.6 is 0 Å². The summed E-state index contributed by atoms with van der Waals surface area (Å²) in [6.45, 7) is 4.35. The molecule has 0 saturated heterocycles. The molecule has 0 amide bonds. The molecule has 2 N–H and O–H groups in total. The van der Waals surface area contributed by atoms with Gasteiger partial charge in [0.05, 0.1) is 5.69 Å². The van der Waals surface area contributed by atoms with Crippen LogP contribution in [0.5, 0.6) is 11.6 Å². The molecule has 6 heteroatoms. The van der Waals surface area contributed by atoms with Gasteiger partial charge in [-0.3, -0.25) is 0 Å². The third-order valence-corrected chi connectivity index (χ3v) is 2.61. The highest BCUT2D eigenvalue weighted by molar-refractivity contribution is 5.54. The minimum atomic E-state index is -0.702. The molecule has 0 bridgehead atoms. The maximum absolute atomic E-state index is 13.1. The number of ether oxygens (including phenoxy) is 1. The lowest BCUT2D eigenvalue weighted by atomic mass is 10.3. The summed E-state index contributed by atoms with van der Waals surface area (Å²) in [5, 5.41) is 4.22. The number of anilines is 1. The number of nitrogens with two attached hydrogens (primary N) is 1. The highest BCUT2D eigenvalue weighted by atomic mass is 19.1. The molecule has 102 valence electrons. The second kappa shape index (κ2) is 5.26. The summed E-state index contributed by atoms with van der Waals surface area (Å²) < 4.78 is 33.3. The Morgan fingerprint density at radius 2 is 1.89 bits per heavy atom. The van der Waals surface area contributed by atoms with Crippen LogP contribution in [-0.4, -0.2) is 9.78 Å². The first-order valence-electron chi connectivity index (χ1n) is 5.98. The summed E-state index contributed by atoms with van der Waals surface area (Å²) in [6.07, 6.45) is 0.842. The lowest BCUT2D eigenvalue weighted by molar-refractivity contribution is 0.404. The van der Waals surface area contributed by atoms with E-state index in [1.807, 2.05) is 6.92 Å². The standard InChI is InChI=1S/C13H15F2N3O/c1-3-4-18-13(12(16)8(2)17-18)19-11-6-9(14)5-10(15)7-11/h5-7H,3-4,16H2,1-2H3. The van der Waals surface area contributed by atoms with Gasteiger partial charge in [0.25, 0.3) is 0 Å². The molecule has 0 unspecified atom stereocenters. The molecule has 0 saturated carbocycles. The Labute approximate surface area is 109 Å². The monoisotopic (exact) mass is 267 g/mol. The van der Waals surface area contributed by atoms with Crippen LogP contribution in [0.25, 0.3) is 0 Å². The van der Waals surface area contributed by atoms with E-state index >= 15 is 0 Å². The van der Waals surface area contributed by atoms with Gasteiger partial charge in [-0.25, -0.2) is 13.5 Å². The first-order valence-corrected chi connectivity index (χ1v) is 5.98. The van der Waals surface area contributed by atoms with Crippen molar-refractivity contribution < 1.29 is 13.5 Å². The molecule has 1 heterocycles. The molecule has 0 spiro atoms. The van der Waals surface area contributed by atoms with Gasteiger partial charge in [-0.05, 0) is 13.3 Å². The fourth-order valence-electron chi connectivity index (χ4n) is 1.74. The Bertz CT molecular complexity index is 576. The minimum absolute atomic E-state index is 0.0569. The van der Waals surface area contributed by atoms with Gasteiger partial charge in [0.15, 0.2) is 0 Å². The van der Waals surface area contributed by atoms with Gasteiger partial charge >= 0.3 is 0 Å². The van der Waals surface area contributed by atoms with Crippen LogP contribution in [0.3, 0.4) is 0 Å². The number of aromatic nitrogens is 2. The first kappa shape index (κ1) is 13.3. The van der Waals surface area contributed by atoms with Crippen molar-refractivity contribution in [3.63, 3.8) is 0 Å². The van der Waals surface area contributed by atoms with E-state index in [1.165, 1.54) is 0 Å². The van der Waals surface area contributed by atoms with Crippen molar-refractivity contribution in [2.45, 2.75) is 26.8 Å². The Hall–Kier alpha value is -2.11. The summed E-state index contributed by atoms with van der Waals surface area (Å²) in [5.41, 5.74) is 6.86. The molecule has 0 aliphatic carbocycles. The minimum Gasteiger partial charge on any atom is -0.437 e. The van der Waals surface area contributed by atoms with E-state index in [0.29, 0.717) is 23.8 Å². The topological polar surface area (TPSA) is 53.1 Å². The maximum atomic E-state index is 13.1. The summed E-state index contributed by atoms with van der Waals surface area (Å²) >= 11 is 0. The van der Waals surface area contributed by atoms with Crippen molar-refractivity contribution in [1.82, 2.24) is 9.78 Å². The van der Waals surface area contributed by atoms with E-state index in [-0.39, 0.29) is 5.75 Å². The average Bonchev–Trinajstić information content (AvgIpc) is 2.56. The van der Waals surface area contributed by atoms with Crippen molar-refractivity contribution in [3.05, 3.63) is 35.5 Å². The van der Waals surface area contributed by atoms with Gasteiger partial charge in [0, 0.05) is 24.7 Å². The molecular formula is C13H15F2N3O. The zero-order valence-corrected chi connectivity index (χ0v) is 10.8. The SMILES string of the molecule is CCCn1nc(C)c(N)c1Oc1cc(F)cc(F)c1. The molecule has 1 aromatic heterocycles. The quantitative estimate of drug-likeness (QED) is 0.925. The third kappa shape index (κ3) is 2.83. The van der Waals surface area contributed by atoms with E-state index in [9.17, 15) is 8.78 Å². The lowest BCUT2D eigenvalue weighted by Gasteiger charge is -2.09. The van der Waals surface area contributed by atoms with Crippen LogP contribution in [-0.2, 0) is 6.54 Å². The zero-order valence-electron chi connectivity index (χ0n) is 10.8. The largest absolute Gasteiger partial charge is 0.437 e. The molecule has 0 atom stereocenters. The van der Waals surface area contributed by atoms with Gasteiger partial charge in [-0.1, -0.05) is 6.92 Å². The molecule has 0 fully saturated rings. The van der Waals surface area contributed by atoms with Crippen molar-refractivity contribution in [2.24, 2.45) is 0 Å². The number of nitrogen functional groups attached to an aromatic ring is 1. The molecule has 2 rings (SSSR count). The maximum Gasteiger partial charge on any atom is 0.241 e. The lowest BCUT2D eigenvalue weighted by Crippen LogP contribution is -2.03. The number of hydrogen-bond donors (Lipinski definition) is 1. The Kier molecular flexibility index (Phi) is 3.69. The number of rotatable bonds is 4. The summed E-state index contributed by atoms with van der Waals surface area (Å²) in [7, 11) is 0. The molecule has 2 aromatic rings. The highest BCUT2D eigenvalue weighted by Gasteiger charge is 2.15. The molecule has 4 nitrogen and oxygen atoms in total. The Balaban J connectivity index is 2.36. The average molecular weight is 267 g/mol. The van der Waals surface area contributed by atoms with E-state index in [0.717, 1.165) is 24.6 Å². The predicted molar refractivity (Wildman–Crippen MR) is 68.1 cm³/mol. The van der Waals surface area contributed by atoms with E-state index in [2.05, 4.69) is 5.10 Å². The first-order chi connectivity index (χ1) is 9.01. The van der Waals surface area contributed by atoms with Gasteiger partial charge in [0.2, 0.25) is 5.88 Å². The van der Waals surface area contributed by atoms with Crippen molar-refractivity contribution in [3.8, 4) is 11.6 Å². The molecule has 19 heavy (non-hydrogen) atoms. The van der Waals surface area contributed by atoms with Crippen LogP contribution in [0.15, 0.2) is 18.2 Å². The van der Waals surface area contributed by atoms with Crippen LogP contribution in [0.4, 0.5) is 14.5 Å². The van der Waals surface area contributed by atoms with E-state index < -0.39 is 11.6 Å². The van der Waals surface area contributed by atoms with E-state index in [1.54, 1.807) is 11.6 Å². The van der Waals surface area contributed by atoms with Crippen LogP contribution in [0.2, 0.25) is 0 Å². The number of halogens is 2. The number of nitrogens with zero attached hydrogens (tertiary/aromatic N) is 2. The number of aryl methyl sites for hydroxylation is 2. The second-order valence-electron chi connectivity index (χ2n) is 4.23. The molecule has 1 aromatic carbocycles.